The molecule has 0 aliphatic carbocycles. The van der Waals surface area contributed by atoms with Crippen molar-refractivity contribution in [3.05, 3.63) is 5.01 Å². The van der Waals surface area contributed by atoms with E-state index in [1.807, 2.05) is 4.90 Å². The van der Waals surface area contributed by atoms with Gasteiger partial charge in [0.1, 0.15) is 5.01 Å². The van der Waals surface area contributed by atoms with E-state index in [2.05, 4.69) is 35.9 Å². The molecule has 0 unspecified atom stereocenters. The third-order valence-corrected chi connectivity index (χ3v) is 6.18. The van der Waals surface area contributed by atoms with Crippen molar-refractivity contribution in [1.29, 1.82) is 0 Å². The summed E-state index contributed by atoms with van der Waals surface area (Å²) in [4.78, 5) is 16.6. The first-order valence-electron chi connectivity index (χ1n) is 8.88. The molecular formula is C17H28N4O2S. The van der Waals surface area contributed by atoms with Gasteiger partial charge < -0.3 is 14.5 Å². The number of rotatable bonds is 3. The van der Waals surface area contributed by atoms with E-state index in [9.17, 15) is 4.79 Å². The molecule has 24 heavy (non-hydrogen) atoms. The Labute approximate surface area is 148 Å². The summed E-state index contributed by atoms with van der Waals surface area (Å²) >= 11 is 1.70. The Morgan fingerprint density at radius 3 is 2.42 bits per heavy atom. The topological polar surface area (TPSA) is 58.6 Å². The zero-order chi connectivity index (χ0) is 17.2. The summed E-state index contributed by atoms with van der Waals surface area (Å²) in [6, 6.07) is 0. The molecule has 3 rings (SSSR count). The molecule has 1 aromatic heterocycles. The molecule has 0 radical (unpaired) electrons. The molecule has 0 saturated carbocycles. The van der Waals surface area contributed by atoms with Crippen LogP contribution < -0.4 is 4.90 Å². The van der Waals surface area contributed by atoms with E-state index in [1.165, 1.54) is 0 Å². The molecule has 3 heterocycles. The van der Waals surface area contributed by atoms with Crippen LogP contribution in [0.15, 0.2) is 0 Å². The molecule has 0 spiro atoms. The summed E-state index contributed by atoms with van der Waals surface area (Å²) < 4.78 is 5.32. The molecule has 134 valence electrons. The normalized spacial score (nSPS) is 20.5. The van der Waals surface area contributed by atoms with Gasteiger partial charge in [0.05, 0.1) is 13.2 Å². The first-order chi connectivity index (χ1) is 11.4. The second-order valence-corrected chi connectivity index (χ2v) is 8.72. The Balaban J connectivity index is 1.48. The van der Waals surface area contributed by atoms with Crippen molar-refractivity contribution >= 4 is 22.4 Å². The van der Waals surface area contributed by atoms with Gasteiger partial charge >= 0.3 is 0 Å². The van der Waals surface area contributed by atoms with Gasteiger partial charge in [0.15, 0.2) is 0 Å². The minimum Gasteiger partial charge on any atom is -0.378 e. The number of hydrogen-bond acceptors (Lipinski definition) is 6. The van der Waals surface area contributed by atoms with Crippen LogP contribution in [-0.2, 0) is 14.9 Å². The lowest BCUT2D eigenvalue weighted by Gasteiger charge is -2.33. The minimum absolute atomic E-state index is 0.0544. The van der Waals surface area contributed by atoms with Crippen molar-refractivity contribution in [2.24, 2.45) is 5.92 Å². The molecule has 0 atom stereocenters. The van der Waals surface area contributed by atoms with Crippen LogP contribution in [-0.4, -0.2) is 60.4 Å². The number of ether oxygens (including phenoxy) is 1. The maximum atomic E-state index is 12.4. The molecule has 0 N–H and O–H groups in total. The van der Waals surface area contributed by atoms with Crippen LogP contribution in [0.5, 0.6) is 0 Å². The largest absolute Gasteiger partial charge is 0.378 e. The van der Waals surface area contributed by atoms with Crippen molar-refractivity contribution in [2.75, 3.05) is 44.3 Å². The Kier molecular flexibility index (Phi) is 5.39. The molecule has 2 saturated heterocycles. The second kappa shape index (κ2) is 7.35. The minimum atomic E-state index is 0.0544. The van der Waals surface area contributed by atoms with Gasteiger partial charge in [-0.25, -0.2) is 0 Å². The van der Waals surface area contributed by atoms with Crippen LogP contribution in [0, 0.1) is 5.92 Å². The van der Waals surface area contributed by atoms with Crippen molar-refractivity contribution in [3.8, 4) is 0 Å². The van der Waals surface area contributed by atoms with Crippen LogP contribution >= 0.6 is 11.3 Å². The summed E-state index contributed by atoms with van der Waals surface area (Å²) in [7, 11) is 0. The van der Waals surface area contributed by atoms with Crippen LogP contribution in [0.4, 0.5) is 5.13 Å². The van der Waals surface area contributed by atoms with Gasteiger partial charge in [0, 0.05) is 38.0 Å². The lowest BCUT2D eigenvalue weighted by molar-refractivity contribution is -0.136. The van der Waals surface area contributed by atoms with Crippen molar-refractivity contribution < 1.29 is 9.53 Å². The quantitative estimate of drug-likeness (QED) is 0.835. The standard InChI is InChI=1S/C17H28N4O2S/c1-17(2,3)15-18-19-16(24-15)21-6-4-13(5-7-21)12-14(22)20-8-10-23-11-9-20/h13H,4-12H2,1-3H3. The molecule has 2 aliphatic heterocycles. The van der Waals surface area contributed by atoms with Crippen molar-refractivity contribution in [2.45, 2.75) is 45.4 Å². The number of carbonyl (C=O) groups is 1. The molecule has 1 aromatic rings. The number of carbonyl (C=O) groups excluding carboxylic acids is 1. The molecule has 7 heteroatoms. The van der Waals surface area contributed by atoms with Crippen LogP contribution in [0.2, 0.25) is 0 Å². The average Bonchev–Trinajstić information content (AvgIpc) is 3.07. The van der Waals surface area contributed by atoms with E-state index >= 15 is 0 Å². The second-order valence-electron chi connectivity index (χ2n) is 7.77. The summed E-state index contributed by atoms with van der Waals surface area (Å²) in [6.45, 7) is 11.3. The fraction of sp³-hybridized carbons (Fsp3) is 0.824. The van der Waals surface area contributed by atoms with E-state index in [0.717, 1.165) is 49.2 Å². The Hall–Kier alpha value is -1.21. The molecule has 6 nitrogen and oxygen atoms in total. The number of anilines is 1. The first kappa shape index (κ1) is 17.6. The predicted molar refractivity (Wildman–Crippen MR) is 95.6 cm³/mol. The SMILES string of the molecule is CC(C)(C)c1nnc(N2CCC(CC(=O)N3CCOCC3)CC2)s1. The van der Waals surface area contributed by atoms with Crippen molar-refractivity contribution in [1.82, 2.24) is 15.1 Å². The van der Waals surface area contributed by atoms with E-state index in [-0.39, 0.29) is 5.41 Å². The highest BCUT2D eigenvalue weighted by molar-refractivity contribution is 7.15. The molecule has 2 aliphatic rings. The van der Waals surface area contributed by atoms with Gasteiger partial charge in [-0.05, 0) is 18.8 Å². The van der Waals surface area contributed by atoms with Gasteiger partial charge in [-0.2, -0.15) is 0 Å². The molecular weight excluding hydrogens is 324 g/mol. The van der Waals surface area contributed by atoms with Crippen LogP contribution in [0.3, 0.4) is 0 Å². The molecule has 0 bridgehead atoms. The highest BCUT2D eigenvalue weighted by Crippen LogP contribution is 2.32. The number of piperidine rings is 1. The molecule has 0 aromatic carbocycles. The Morgan fingerprint density at radius 2 is 1.83 bits per heavy atom. The van der Waals surface area contributed by atoms with Crippen LogP contribution in [0.25, 0.3) is 0 Å². The zero-order valence-corrected chi connectivity index (χ0v) is 15.8. The maximum absolute atomic E-state index is 12.4. The number of amides is 1. The van der Waals surface area contributed by atoms with E-state index in [1.54, 1.807) is 11.3 Å². The Morgan fingerprint density at radius 1 is 1.17 bits per heavy atom. The fourth-order valence-corrected chi connectivity index (χ4v) is 4.12. The summed E-state index contributed by atoms with van der Waals surface area (Å²) in [5.41, 5.74) is 0.0544. The number of morpholine rings is 1. The van der Waals surface area contributed by atoms with Crippen molar-refractivity contribution in [3.63, 3.8) is 0 Å². The third kappa shape index (κ3) is 4.25. The summed E-state index contributed by atoms with van der Waals surface area (Å²) in [5.74, 6) is 0.786. The lowest BCUT2D eigenvalue weighted by atomic mass is 9.93. The zero-order valence-electron chi connectivity index (χ0n) is 15.0. The van der Waals surface area contributed by atoms with E-state index in [4.69, 9.17) is 4.74 Å². The highest BCUT2D eigenvalue weighted by Gasteiger charge is 2.27. The predicted octanol–water partition coefficient (Wildman–Crippen LogP) is 2.30. The van der Waals surface area contributed by atoms with Gasteiger partial charge in [-0.3, -0.25) is 4.79 Å². The Bertz CT molecular complexity index is 555. The van der Waals surface area contributed by atoms with Crippen LogP contribution in [0.1, 0.15) is 45.0 Å². The first-order valence-corrected chi connectivity index (χ1v) is 9.69. The summed E-state index contributed by atoms with van der Waals surface area (Å²) in [6.07, 6.45) is 2.79. The van der Waals surface area contributed by atoms with Gasteiger partial charge in [-0.1, -0.05) is 32.1 Å². The van der Waals surface area contributed by atoms with E-state index < -0.39 is 0 Å². The smallest absolute Gasteiger partial charge is 0.223 e. The number of nitrogens with zero attached hydrogens (tertiary/aromatic N) is 4. The number of hydrogen-bond donors (Lipinski definition) is 0. The van der Waals surface area contributed by atoms with Gasteiger partial charge in [0.2, 0.25) is 11.0 Å². The summed E-state index contributed by atoms with van der Waals surface area (Å²) in [5, 5.41) is 10.8. The van der Waals surface area contributed by atoms with Gasteiger partial charge in [-0.15, -0.1) is 10.2 Å². The highest BCUT2D eigenvalue weighted by atomic mass is 32.1. The number of aromatic nitrogens is 2. The van der Waals surface area contributed by atoms with Gasteiger partial charge in [0.25, 0.3) is 0 Å². The maximum Gasteiger partial charge on any atom is 0.223 e. The van der Waals surface area contributed by atoms with E-state index in [0.29, 0.717) is 31.5 Å². The third-order valence-electron chi connectivity index (χ3n) is 4.77. The lowest BCUT2D eigenvalue weighted by Crippen LogP contribution is -2.42. The molecule has 2 fully saturated rings. The molecule has 1 amide bonds. The average molecular weight is 353 g/mol. The fourth-order valence-electron chi connectivity index (χ4n) is 3.16. The monoisotopic (exact) mass is 352 g/mol.